The predicted octanol–water partition coefficient (Wildman–Crippen LogP) is 6.01. The van der Waals surface area contributed by atoms with E-state index in [9.17, 15) is 9.90 Å². The van der Waals surface area contributed by atoms with E-state index >= 15 is 0 Å². The molecule has 0 spiro atoms. The second-order valence-electron chi connectivity index (χ2n) is 8.36. The normalized spacial score (nSPS) is 21.5. The number of hydrogen-bond donors (Lipinski definition) is 1. The maximum Gasteiger partial charge on any atom is 0.343 e. The van der Waals surface area contributed by atoms with Crippen molar-refractivity contribution >= 4 is 11.0 Å². The summed E-state index contributed by atoms with van der Waals surface area (Å²) in [4.78, 5) is 12.7. The SMILES string of the molecule is CC(C)=CCCC(C)=CCC[C@@]1(C)c2c(c3ccc(O)cc3oc2=O)O[C@@H]1C. The molecule has 2 heterocycles. The fourth-order valence-electron chi connectivity index (χ4n) is 3.92. The maximum atomic E-state index is 12.7. The van der Waals surface area contributed by atoms with E-state index in [2.05, 4.69) is 39.8 Å². The molecule has 4 nitrogen and oxygen atoms in total. The van der Waals surface area contributed by atoms with Crippen LogP contribution in [0.2, 0.25) is 0 Å². The highest BCUT2D eigenvalue weighted by Crippen LogP contribution is 2.47. The molecule has 28 heavy (non-hydrogen) atoms. The zero-order chi connectivity index (χ0) is 20.5. The molecule has 1 aromatic carbocycles. The third kappa shape index (κ3) is 3.87. The second-order valence-corrected chi connectivity index (χ2v) is 8.36. The molecule has 0 saturated heterocycles. The van der Waals surface area contributed by atoms with Crippen molar-refractivity contribution in [3.63, 3.8) is 0 Å². The van der Waals surface area contributed by atoms with Gasteiger partial charge in [-0.3, -0.25) is 0 Å². The minimum absolute atomic E-state index is 0.0677. The molecule has 1 aromatic heterocycles. The lowest BCUT2D eigenvalue weighted by molar-refractivity contribution is 0.169. The Bertz CT molecular complexity index is 992. The average molecular weight is 383 g/mol. The van der Waals surface area contributed by atoms with Crippen molar-refractivity contribution in [2.24, 2.45) is 0 Å². The summed E-state index contributed by atoms with van der Waals surface area (Å²) in [5.74, 6) is 0.670. The molecule has 0 saturated carbocycles. The van der Waals surface area contributed by atoms with Crippen molar-refractivity contribution in [2.75, 3.05) is 0 Å². The minimum Gasteiger partial charge on any atom is -0.508 e. The summed E-state index contributed by atoms with van der Waals surface area (Å²) < 4.78 is 11.6. The highest BCUT2D eigenvalue weighted by molar-refractivity contribution is 5.86. The largest absolute Gasteiger partial charge is 0.508 e. The minimum atomic E-state index is -0.404. The smallest absolute Gasteiger partial charge is 0.343 e. The number of phenols is 1. The topological polar surface area (TPSA) is 59.7 Å². The van der Waals surface area contributed by atoms with E-state index in [4.69, 9.17) is 9.15 Å². The Morgan fingerprint density at radius 1 is 1.21 bits per heavy atom. The Hall–Kier alpha value is -2.49. The first-order valence-corrected chi connectivity index (χ1v) is 9.98. The first kappa shape index (κ1) is 20.2. The van der Waals surface area contributed by atoms with E-state index < -0.39 is 5.41 Å². The second kappa shape index (κ2) is 7.86. The van der Waals surface area contributed by atoms with Crippen LogP contribution in [0.15, 0.2) is 50.7 Å². The summed E-state index contributed by atoms with van der Waals surface area (Å²) in [5, 5.41) is 10.4. The van der Waals surface area contributed by atoms with Gasteiger partial charge in [-0.2, -0.15) is 0 Å². The Morgan fingerprint density at radius 3 is 2.68 bits per heavy atom. The van der Waals surface area contributed by atoms with Gasteiger partial charge in [-0.05, 0) is 65.5 Å². The van der Waals surface area contributed by atoms with E-state index in [1.54, 1.807) is 12.1 Å². The number of rotatable bonds is 6. The average Bonchev–Trinajstić information content (AvgIpc) is 2.86. The van der Waals surface area contributed by atoms with Crippen molar-refractivity contribution in [1.29, 1.82) is 0 Å². The molecule has 2 atom stereocenters. The number of ether oxygens (including phenoxy) is 1. The summed E-state index contributed by atoms with van der Waals surface area (Å²) in [6.07, 6.45) is 8.23. The molecule has 0 aliphatic carbocycles. The molecule has 150 valence electrons. The van der Waals surface area contributed by atoms with Crippen LogP contribution in [0.3, 0.4) is 0 Å². The van der Waals surface area contributed by atoms with Gasteiger partial charge in [0.25, 0.3) is 0 Å². The van der Waals surface area contributed by atoms with Crippen LogP contribution >= 0.6 is 0 Å². The maximum absolute atomic E-state index is 12.7. The summed E-state index contributed by atoms with van der Waals surface area (Å²) in [6.45, 7) is 10.5. The van der Waals surface area contributed by atoms with E-state index in [0.29, 0.717) is 16.9 Å². The summed E-state index contributed by atoms with van der Waals surface area (Å²) in [5.41, 5.74) is 2.92. The van der Waals surface area contributed by atoms with E-state index in [0.717, 1.165) is 31.1 Å². The van der Waals surface area contributed by atoms with Gasteiger partial charge in [0.1, 0.15) is 23.2 Å². The van der Waals surface area contributed by atoms with Crippen LogP contribution < -0.4 is 10.4 Å². The van der Waals surface area contributed by atoms with Gasteiger partial charge < -0.3 is 14.3 Å². The third-order valence-corrected chi connectivity index (χ3v) is 5.85. The molecular weight excluding hydrogens is 352 g/mol. The van der Waals surface area contributed by atoms with E-state index in [1.165, 1.54) is 17.2 Å². The van der Waals surface area contributed by atoms with Gasteiger partial charge in [0.05, 0.1) is 10.9 Å². The van der Waals surface area contributed by atoms with Crippen molar-refractivity contribution in [2.45, 2.75) is 71.8 Å². The molecule has 4 heteroatoms. The number of aromatic hydroxyl groups is 1. The molecular formula is C24H30O4. The van der Waals surface area contributed by atoms with Crippen LogP contribution in [0.1, 0.15) is 65.9 Å². The van der Waals surface area contributed by atoms with Crippen LogP contribution in [0.25, 0.3) is 11.0 Å². The molecule has 0 fully saturated rings. The zero-order valence-electron chi connectivity index (χ0n) is 17.5. The summed E-state index contributed by atoms with van der Waals surface area (Å²) >= 11 is 0. The van der Waals surface area contributed by atoms with Gasteiger partial charge in [-0.1, -0.05) is 30.2 Å². The van der Waals surface area contributed by atoms with Crippen LogP contribution in [0.4, 0.5) is 0 Å². The molecule has 1 N–H and O–H groups in total. The van der Waals surface area contributed by atoms with Crippen molar-refractivity contribution < 1.29 is 14.3 Å². The standard InChI is InChI=1S/C24H30O4/c1-15(2)8-6-9-16(3)10-7-13-24(5)17(4)27-22-19-12-11-18(25)14-20(19)28-23(26)21(22)24/h8,10-12,14,17,25H,6-7,9,13H2,1-5H3/t17-,24-/m1/s1. The lowest BCUT2D eigenvalue weighted by atomic mass is 9.76. The van der Waals surface area contributed by atoms with Crippen molar-refractivity contribution in [3.05, 3.63) is 57.5 Å². The lowest BCUT2D eigenvalue weighted by Gasteiger charge is -2.26. The van der Waals surface area contributed by atoms with Gasteiger partial charge in [0.15, 0.2) is 0 Å². The molecule has 0 amide bonds. The van der Waals surface area contributed by atoms with Crippen molar-refractivity contribution in [3.8, 4) is 11.5 Å². The first-order valence-electron chi connectivity index (χ1n) is 9.98. The van der Waals surface area contributed by atoms with Gasteiger partial charge in [0.2, 0.25) is 0 Å². The number of benzene rings is 1. The van der Waals surface area contributed by atoms with Gasteiger partial charge in [-0.25, -0.2) is 4.79 Å². The number of hydrogen-bond acceptors (Lipinski definition) is 4. The summed E-state index contributed by atoms with van der Waals surface area (Å²) in [7, 11) is 0. The lowest BCUT2D eigenvalue weighted by Crippen LogP contribution is -2.35. The Kier molecular flexibility index (Phi) is 5.69. The van der Waals surface area contributed by atoms with Crippen LogP contribution in [-0.4, -0.2) is 11.2 Å². The number of fused-ring (bicyclic) bond motifs is 3. The van der Waals surface area contributed by atoms with Gasteiger partial charge in [0, 0.05) is 11.5 Å². The number of allylic oxidation sites excluding steroid dienone is 4. The van der Waals surface area contributed by atoms with Gasteiger partial charge in [-0.15, -0.1) is 0 Å². The molecule has 2 aromatic rings. The van der Waals surface area contributed by atoms with E-state index in [1.807, 2.05) is 6.92 Å². The molecule has 0 radical (unpaired) electrons. The molecule has 0 unspecified atom stereocenters. The zero-order valence-corrected chi connectivity index (χ0v) is 17.5. The predicted molar refractivity (Wildman–Crippen MR) is 113 cm³/mol. The quantitative estimate of drug-likeness (QED) is 0.491. The van der Waals surface area contributed by atoms with Crippen LogP contribution in [-0.2, 0) is 5.41 Å². The Balaban J connectivity index is 1.85. The first-order chi connectivity index (χ1) is 13.2. The summed E-state index contributed by atoms with van der Waals surface area (Å²) in [6, 6.07) is 4.79. The fourth-order valence-corrected chi connectivity index (χ4v) is 3.92. The monoisotopic (exact) mass is 382 g/mol. The highest BCUT2D eigenvalue weighted by atomic mass is 16.5. The van der Waals surface area contributed by atoms with Gasteiger partial charge >= 0.3 is 5.63 Å². The number of phenolic OH excluding ortho intramolecular Hbond substituents is 1. The van der Waals surface area contributed by atoms with Crippen LogP contribution in [0, 0.1) is 0 Å². The van der Waals surface area contributed by atoms with Crippen molar-refractivity contribution in [1.82, 2.24) is 0 Å². The molecule has 1 aliphatic rings. The fraction of sp³-hybridized carbons (Fsp3) is 0.458. The molecule has 3 rings (SSSR count). The van der Waals surface area contributed by atoms with Crippen LogP contribution in [0.5, 0.6) is 11.5 Å². The Labute approximate surface area is 166 Å². The van der Waals surface area contributed by atoms with E-state index in [-0.39, 0.29) is 17.5 Å². The highest BCUT2D eigenvalue weighted by Gasteiger charge is 2.46. The molecule has 0 bridgehead atoms. The Morgan fingerprint density at radius 2 is 1.96 bits per heavy atom. The molecule has 1 aliphatic heterocycles. The third-order valence-electron chi connectivity index (χ3n) is 5.85.